The van der Waals surface area contributed by atoms with Crippen molar-refractivity contribution in [3.05, 3.63) is 75.3 Å². The van der Waals surface area contributed by atoms with Crippen LogP contribution >= 0.6 is 0 Å². The van der Waals surface area contributed by atoms with Crippen LogP contribution < -0.4 is 0 Å². The van der Waals surface area contributed by atoms with Gasteiger partial charge in [0.15, 0.2) is 6.10 Å². The molecule has 2 rings (SSSR count). The van der Waals surface area contributed by atoms with Crippen molar-refractivity contribution in [2.45, 2.75) is 26.5 Å². The van der Waals surface area contributed by atoms with E-state index in [9.17, 15) is 19.7 Å². The number of ether oxygens (including phenoxy) is 1. The summed E-state index contributed by atoms with van der Waals surface area (Å²) in [6.07, 6.45) is -0.966. The average Bonchev–Trinajstić information content (AvgIpc) is 2.61. The highest BCUT2D eigenvalue weighted by molar-refractivity contribution is 5.92. The van der Waals surface area contributed by atoms with Crippen molar-refractivity contribution in [1.29, 1.82) is 0 Å². The normalized spacial score (nSPS) is 11.5. The molecule has 0 fully saturated rings. The molecule has 1 amide bonds. The predicted octanol–water partition coefficient (Wildman–Crippen LogP) is 3.11. The van der Waals surface area contributed by atoms with Gasteiger partial charge in [0.25, 0.3) is 11.6 Å². The zero-order valence-corrected chi connectivity index (χ0v) is 14.8. The molecular weight excluding hydrogens is 336 g/mol. The minimum Gasteiger partial charge on any atom is -0.449 e. The maximum Gasteiger partial charge on any atom is 0.338 e. The summed E-state index contributed by atoms with van der Waals surface area (Å²) in [5, 5.41) is 10.8. The third kappa shape index (κ3) is 4.66. The van der Waals surface area contributed by atoms with Gasteiger partial charge in [-0.3, -0.25) is 14.9 Å². The van der Waals surface area contributed by atoms with Crippen LogP contribution in [0.3, 0.4) is 0 Å². The van der Waals surface area contributed by atoms with Gasteiger partial charge in [0.1, 0.15) is 0 Å². The van der Waals surface area contributed by atoms with Gasteiger partial charge in [0.2, 0.25) is 0 Å². The monoisotopic (exact) mass is 356 g/mol. The van der Waals surface area contributed by atoms with Gasteiger partial charge in [-0.15, -0.1) is 0 Å². The Morgan fingerprint density at radius 1 is 1.19 bits per heavy atom. The van der Waals surface area contributed by atoms with Crippen LogP contribution in [-0.4, -0.2) is 34.9 Å². The largest absolute Gasteiger partial charge is 0.449 e. The molecule has 0 aliphatic carbocycles. The molecule has 0 aromatic heterocycles. The van der Waals surface area contributed by atoms with Crippen LogP contribution in [0.4, 0.5) is 5.69 Å². The molecule has 0 bridgehead atoms. The van der Waals surface area contributed by atoms with Crippen LogP contribution in [0.25, 0.3) is 0 Å². The molecule has 0 heterocycles. The van der Waals surface area contributed by atoms with E-state index >= 15 is 0 Å². The molecule has 0 N–H and O–H groups in total. The minimum absolute atomic E-state index is 0.0757. The van der Waals surface area contributed by atoms with E-state index in [0.29, 0.717) is 12.1 Å². The van der Waals surface area contributed by atoms with Crippen molar-refractivity contribution < 1.29 is 19.2 Å². The third-order valence-corrected chi connectivity index (χ3v) is 3.90. The quantitative estimate of drug-likeness (QED) is 0.451. The topological polar surface area (TPSA) is 89.8 Å². The Morgan fingerprint density at radius 2 is 1.85 bits per heavy atom. The van der Waals surface area contributed by atoms with Crippen molar-refractivity contribution in [2.24, 2.45) is 0 Å². The lowest BCUT2D eigenvalue weighted by molar-refractivity contribution is -0.385. The van der Waals surface area contributed by atoms with Crippen LogP contribution in [0, 0.1) is 17.0 Å². The van der Waals surface area contributed by atoms with E-state index in [1.54, 1.807) is 7.05 Å². The average molecular weight is 356 g/mol. The summed E-state index contributed by atoms with van der Waals surface area (Å²) in [6.45, 7) is 3.44. The molecule has 0 radical (unpaired) electrons. The van der Waals surface area contributed by atoms with Crippen molar-refractivity contribution >= 4 is 17.6 Å². The zero-order chi connectivity index (χ0) is 19.3. The number of hydrogen-bond donors (Lipinski definition) is 0. The zero-order valence-electron chi connectivity index (χ0n) is 14.8. The number of benzene rings is 2. The maximum atomic E-state index is 12.4. The van der Waals surface area contributed by atoms with Gasteiger partial charge in [0.05, 0.1) is 10.5 Å². The SMILES string of the molecule is Cc1cc(C(=O)O[C@@H](C)C(=O)N(C)Cc2ccccc2)ccc1[N+](=O)[O-]. The van der Waals surface area contributed by atoms with E-state index < -0.39 is 17.0 Å². The number of carbonyl (C=O) groups is 2. The number of nitro groups is 1. The minimum atomic E-state index is -0.966. The van der Waals surface area contributed by atoms with Gasteiger partial charge in [-0.2, -0.15) is 0 Å². The Balaban J connectivity index is 2.00. The van der Waals surface area contributed by atoms with E-state index in [0.717, 1.165) is 5.56 Å². The number of carbonyl (C=O) groups excluding carboxylic acids is 2. The lowest BCUT2D eigenvalue weighted by Crippen LogP contribution is -2.37. The number of amides is 1. The van der Waals surface area contributed by atoms with Crippen LogP contribution in [0.5, 0.6) is 0 Å². The summed E-state index contributed by atoms with van der Waals surface area (Å²) in [5.74, 6) is -1.03. The van der Waals surface area contributed by atoms with Crippen molar-refractivity contribution in [3.8, 4) is 0 Å². The summed E-state index contributed by atoms with van der Waals surface area (Å²) < 4.78 is 5.21. The highest BCUT2D eigenvalue weighted by atomic mass is 16.6. The fraction of sp³-hybridized carbons (Fsp3) is 0.263. The van der Waals surface area contributed by atoms with E-state index in [4.69, 9.17) is 4.74 Å². The molecule has 7 heteroatoms. The maximum absolute atomic E-state index is 12.4. The number of aryl methyl sites for hydroxylation is 1. The first kappa shape index (κ1) is 19.1. The first-order valence-electron chi connectivity index (χ1n) is 8.04. The van der Waals surface area contributed by atoms with E-state index in [2.05, 4.69) is 0 Å². The number of hydrogen-bond acceptors (Lipinski definition) is 5. The van der Waals surface area contributed by atoms with Crippen LogP contribution in [0.1, 0.15) is 28.4 Å². The van der Waals surface area contributed by atoms with Crippen LogP contribution in [0.2, 0.25) is 0 Å². The Kier molecular flexibility index (Phi) is 6.06. The standard InChI is InChI=1S/C19H20N2O5/c1-13-11-16(9-10-17(13)21(24)25)19(23)26-14(2)18(22)20(3)12-15-7-5-4-6-8-15/h4-11,14H,12H2,1-3H3/t14-/m0/s1. The van der Waals surface area contributed by atoms with Crippen molar-refractivity contribution in [2.75, 3.05) is 7.05 Å². The first-order valence-corrected chi connectivity index (χ1v) is 8.04. The molecule has 2 aromatic rings. The van der Waals surface area contributed by atoms with Gasteiger partial charge in [0, 0.05) is 25.2 Å². The molecule has 136 valence electrons. The van der Waals surface area contributed by atoms with E-state index in [1.807, 2.05) is 30.3 Å². The highest BCUT2D eigenvalue weighted by Gasteiger charge is 2.23. The number of nitrogens with zero attached hydrogens (tertiary/aromatic N) is 2. The number of rotatable bonds is 6. The second-order valence-corrected chi connectivity index (χ2v) is 5.99. The van der Waals surface area contributed by atoms with Crippen LogP contribution in [0.15, 0.2) is 48.5 Å². The van der Waals surface area contributed by atoms with Gasteiger partial charge in [-0.05, 0) is 31.5 Å². The Morgan fingerprint density at radius 3 is 2.42 bits per heavy atom. The van der Waals surface area contributed by atoms with Gasteiger partial charge in [-0.1, -0.05) is 30.3 Å². The molecule has 0 spiro atoms. The van der Waals surface area contributed by atoms with E-state index in [-0.39, 0.29) is 17.2 Å². The molecule has 0 saturated heterocycles. The summed E-state index contributed by atoms with van der Waals surface area (Å²) in [5.41, 5.74) is 1.41. The number of esters is 1. The highest BCUT2D eigenvalue weighted by Crippen LogP contribution is 2.19. The summed E-state index contributed by atoms with van der Waals surface area (Å²) in [4.78, 5) is 36.4. The number of likely N-dealkylation sites (N-methyl/N-ethyl adjacent to an activating group) is 1. The molecule has 0 aliphatic heterocycles. The van der Waals surface area contributed by atoms with Crippen molar-refractivity contribution in [1.82, 2.24) is 4.90 Å². The lowest BCUT2D eigenvalue weighted by atomic mass is 10.1. The molecule has 0 aliphatic rings. The van der Waals surface area contributed by atoms with Crippen LogP contribution in [-0.2, 0) is 16.1 Å². The van der Waals surface area contributed by atoms with Gasteiger partial charge in [-0.25, -0.2) is 4.79 Å². The van der Waals surface area contributed by atoms with Gasteiger partial charge >= 0.3 is 5.97 Å². The summed E-state index contributed by atoms with van der Waals surface area (Å²) in [7, 11) is 1.63. The third-order valence-electron chi connectivity index (χ3n) is 3.90. The van der Waals surface area contributed by atoms with Crippen molar-refractivity contribution in [3.63, 3.8) is 0 Å². The lowest BCUT2D eigenvalue weighted by Gasteiger charge is -2.21. The van der Waals surface area contributed by atoms with Gasteiger partial charge < -0.3 is 9.64 Å². The second kappa shape index (κ2) is 8.24. The Labute approximate surface area is 151 Å². The Hall–Kier alpha value is -3.22. The molecular formula is C19H20N2O5. The Bertz CT molecular complexity index is 820. The smallest absolute Gasteiger partial charge is 0.338 e. The van der Waals surface area contributed by atoms with E-state index in [1.165, 1.54) is 36.9 Å². The fourth-order valence-electron chi connectivity index (χ4n) is 2.51. The fourth-order valence-corrected chi connectivity index (χ4v) is 2.51. The second-order valence-electron chi connectivity index (χ2n) is 5.99. The molecule has 1 atom stereocenters. The molecule has 0 unspecified atom stereocenters. The molecule has 0 saturated carbocycles. The molecule has 7 nitrogen and oxygen atoms in total. The number of nitro benzene ring substituents is 1. The first-order chi connectivity index (χ1) is 12.3. The summed E-state index contributed by atoms with van der Waals surface area (Å²) >= 11 is 0. The molecule has 26 heavy (non-hydrogen) atoms. The molecule has 2 aromatic carbocycles. The summed E-state index contributed by atoms with van der Waals surface area (Å²) in [6, 6.07) is 13.4. The predicted molar refractivity (Wildman–Crippen MR) is 95.6 cm³/mol.